The van der Waals surface area contributed by atoms with Crippen molar-refractivity contribution in [3.05, 3.63) is 0 Å². The van der Waals surface area contributed by atoms with Crippen LogP contribution in [0.1, 0.15) is 52.9 Å². The summed E-state index contributed by atoms with van der Waals surface area (Å²) in [4.78, 5) is 19.8. The van der Waals surface area contributed by atoms with Crippen LogP contribution in [0.15, 0.2) is 0 Å². The first kappa shape index (κ1) is 29.5. The molecule has 0 aromatic heterocycles. The van der Waals surface area contributed by atoms with Gasteiger partial charge in [0.15, 0.2) is 0 Å². The molecular weight excluding hydrogens is 348 g/mol. The van der Waals surface area contributed by atoms with E-state index < -0.39 is 17.4 Å². The minimum absolute atomic E-state index is 0.0451. The molecule has 0 radical (unpaired) electrons. The highest BCUT2D eigenvalue weighted by Gasteiger charge is 2.24. The Morgan fingerprint density at radius 3 is 1.08 bits per heavy atom. The molecule has 0 saturated carbocycles. The summed E-state index contributed by atoms with van der Waals surface area (Å²) in [5.74, 6) is -1.74. The fourth-order valence-electron chi connectivity index (χ4n) is 1.09. The lowest BCUT2D eigenvalue weighted by atomic mass is 9.88. The summed E-state index contributed by atoms with van der Waals surface area (Å²) in [7, 11) is 0. The molecule has 7 N–H and O–H groups in total. The van der Waals surface area contributed by atoms with E-state index in [1.807, 2.05) is 6.92 Å². The molecule has 9 nitrogen and oxygen atoms in total. The van der Waals surface area contributed by atoms with Crippen LogP contribution in [-0.2, 0) is 9.59 Å². The molecule has 0 spiro atoms. The Bertz CT molecular complexity index is 313. The molecule has 0 aliphatic rings. The van der Waals surface area contributed by atoms with E-state index in [4.69, 9.17) is 35.7 Å². The summed E-state index contributed by atoms with van der Waals surface area (Å²) in [5.41, 5.74) is -0.972. The quantitative estimate of drug-likeness (QED) is 0.243. The lowest BCUT2D eigenvalue weighted by molar-refractivity contribution is -0.139. The highest BCUT2D eigenvalue weighted by Crippen LogP contribution is 2.18. The highest BCUT2D eigenvalue weighted by atomic mass is 16.4. The van der Waals surface area contributed by atoms with Gasteiger partial charge in [-0.2, -0.15) is 0 Å². The zero-order valence-electron chi connectivity index (χ0n) is 16.0. The molecule has 0 aromatic carbocycles. The van der Waals surface area contributed by atoms with Crippen LogP contribution in [0, 0.1) is 10.8 Å². The summed E-state index contributed by atoms with van der Waals surface area (Å²) in [6.45, 7) is 5.04. The summed E-state index contributed by atoms with van der Waals surface area (Å²) < 4.78 is 0. The number of aliphatic hydroxyl groups is 5. The normalized spacial score (nSPS) is 10.9. The van der Waals surface area contributed by atoms with E-state index in [2.05, 4.69) is 0 Å². The smallest absolute Gasteiger partial charge is 0.303 e. The van der Waals surface area contributed by atoms with E-state index in [-0.39, 0.29) is 51.3 Å². The predicted molar refractivity (Wildman–Crippen MR) is 95.7 cm³/mol. The van der Waals surface area contributed by atoms with E-state index in [1.54, 1.807) is 13.8 Å². The summed E-state index contributed by atoms with van der Waals surface area (Å²) >= 11 is 0. The van der Waals surface area contributed by atoms with Crippen LogP contribution < -0.4 is 0 Å². The van der Waals surface area contributed by atoms with Crippen LogP contribution >= 0.6 is 0 Å². The highest BCUT2D eigenvalue weighted by molar-refractivity contribution is 5.67. The fraction of sp³-hybridized carbons (Fsp3) is 0.882. The third-order valence-corrected chi connectivity index (χ3v) is 3.64. The number of carboxylic acid groups (broad SMARTS) is 2. The predicted octanol–water partition coefficient (Wildman–Crippen LogP) is 0.0729. The van der Waals surface area contributed by atoms with Crippen molar-refractivity contribution in [3.63, 3.8) is 0 Å². The second-order valence-corrected chi connectivity index (χ2v) is 6.80. The van der Waals surface area contributed by atoms with Crippen molar-refractivity contribution in [2.45, 2.75) is 52.9 Å². The zero-order chi connectivity index (χ0) is 21.2. The van der Waals surface area contributed by atoms with Gasteiger partial charge < -0.3 is 35.7 Å². The number of rotatable bonds is 11. The van der Waals surface area contributed by atoms with E-state index in [9.17, 15) is 9.59 Å². The third-order valence-electron chi connectivity index (χ3n) is 3.64. The van der Waals surface area contributed by atoms with Crippen molar-refractivity contribution >= 4 is 11.9 Å². The van der Waals surface area contributed by atoms with Gasteiger partial charge in [-0.25, -0.2) is 0 Å². The van der Waals surface area contributed by atoms with Gasteiger partial charge in [0.1, 0.15) is 0 Å². The molecule has 0 aliphatic heterocycles. The second kappa shape index (κ2) is 17.2. The third kappa shape index (κ3) is 19.1. The minimum atomic E-state index is -0.870. The van der Waals surface area contributed by atoms with Crippen molar-refractivity contribution in [1.29, 1.82) is 0 Å². The number of hydrogen-bond donors (Lipinski definition) is 7. The van der Waals surface area contributed by atoms with Crippen LogP contribution in [0.5, 0.6) is 0 Å². The van der Waals surface area contributed by atoms with Crippen molar-refractivity contribution in [2.24, 2.45) is 10.8 Å². The number of hydrogen-bond acceptors (Lipinski definition) is 7. The molecule has 158 valence electrons. The van der Waals surface area contributed by atoms with E-state index in [1.165, 1.54) is 0 Å². The molecule has 0 amide bonds. The first-order valence-corrected chi connectivity index (χ1v) is 8.47. The summed E-state index contributed by atoms with van der Waals surface area (Å²) in [6.07, 6.45) is 1.61. The van der Waals surface area contributed by atoms with Gasteiger partial charge in [-0.3, -0.25) is 9.59 Å². The Balaban J connectivity index is -0.000000310. The van der Waals surface area contributed by atoms with Gasteiger partial charge in [0.25, 0.3) is 0 Å². The maximum absolute atomic E-state index is 9.90. The number of carbonyl (C=O) groups is 2. The molecule has 26 heavy (non-hydrogen) atoms. The number of carboxylic acids is 2. The Morgan fingerprint density at radius 1 is 0.692 bits per heavy atom. The maximum Gasteiger partial charge on any atom is 0.303 e. The first-order valence-electron chi connectivity index (χ1n) is 8.47. The van der Waals surface area contributed by atoms with Gasteiger partial charge in [-0.15, -0.1) is 0 Å². The lowest BCUT2D eigenvalue weighted by Gasteiger charge is -2.24. The molecule has 0 aliphatic carbocycles. The molecule has 0 heterocycles. The Kier molecular flexibility index (Phi) is 19.5. The summed E-state index contributed by atoms with van der Waals surface area (Å²) in [5, 5.41) is 59.1. The Hall–Kier alpha value is -1.26. The molecule has 0 rings (SSSR count). The molecule has 9 heteroatoms. The van der Waals surface area contributed by atoms with Crippen molar-refractivity contribution < 1.29 is 45.3 Å². The second-order valence-electron chi connectivity index (χ2n) is 6.80. The Labute approximate surface area is 154 Å². The first-order chi connectivity index (χ1) is 12.0. The zero-order valence-corrected chi connectivity index (χ0v) is 16.0. The van der Waals surface area contributed by atoms with Crippen LogP contribution in [0.4, 0.5) is 0 Å². The molecule has 0 aromatic rings. The molecule has 0 fully saturated rings. The van der Waals surface area contributed by atoms with Gasteiger partial charge >= 0.3 is 11.9 Å². The topological polar surface area (TPSA) is 176 Å². The lowest BCUT2D eigenvalue weighted by Crippen LogP contribution is -2.32. The van der Waals surface area contributed by atoms with E-state index in [0.717, 1.165) is 0 Å². The molecule has 0 bridgehead atoms. The van der Waals surface area contributed by atoms with Gasteiger partial charge in [-0.1, -0.05) is 20.8 Å². The van der Waals surface area contributed by atoms with Crippen molar-refractivity contribution in [3.8, 4) is 0 Å². The number of unbranched alkanes of at least 4 members (excludes halogenated alkanes) is 1. The van der Waals surface area contributed by atoms with Crippen LogP contribution in [0.25, 0.3) is 0 Å². The van der Waals surface area contributed by atoms with Crippen molar-refractivity contribution in [2.75, 3.05) is 33.0 Å². The maximum atomic E-state index is 9.90. The standard InChI is InChI=1S/C6H10O4.C6H14O3.C5H12O2/c7-5(8)3-1-2-4-6(9)10;1-2-6(3-7,4-8)5-9;1-5(2,3-6)4-7/h1-4H2,(H,7,8)(H,9,10);7-9H,2-5H2,1H3;6-7H,3-4H2,1-2H3. The Morgan fingerprint density at radius 2 is 1.00 bits per heavy atom. The van der Waals surface area contributed by atoms with E-state index >= 15 is 0 Å². The average molecular weight is 384 g/mol. The van der Waals surface area contributed by atoms with Gasteiger partial charge in [-0.05, 0) is 19.3 Å². The molecule has 0 unspecified atom stereocenters. The average Bonchev–Trinajstić information content (AvgIpc) is 2.62. The van der Waals surface area contributed by atoms with Gasteiger partial charge in [0.2, 0.25) is 0 Å². The van der Waals surface area contributed by atoms with Crippen molar-refractivity contribution in [1.82, 2.24) is 0 Å². The van der Waals surface area contributed by atoms with Gasteiger partial charge in [0.05, 0.1) is 33.0 Å². The molecule has 0 saturated heterocycles. The fourth-order valence-corrected chi connectivity index (χ4v) is 1.09. The minimum Gasteiger partial charge on any atom is -0.481 e. The van der Waals surface area contributed by atoms with Crippen LogP contribution in [-0.4, -0.2) is 80.7 Å². The SMILES string of the molecule is CC(C)(CO)CO.CCC(CO)(CO)CO.O=C(O)CCCCC(=O)O. The van der Waals surface area contributed by atoms with E-state index in [0.29, 0.717) is 19.3 Å². The van der Waals surface area contributed by atoms with Crippen LogP contribution in [0.2, 0.25) is 0 Å². The molecular formula is C17H36O9. The monoisotopic (exact) mass is 384 g/mol. The number of aliphatic carboxylic acids is 2. The number of aliphatic hydroxyl groups excluding tert-OH is 5. The largest absolute Gasteiger partial charge is 0.481 e. The summed E-state index contributed by atoms with van der Waals surface area (Å²) in [6, 6.07) is 0. The molecule has 0 atom stereocenters. The van der Waals surface area contributed by atoms with Gasteiger partial charge in [0, 0.05) is 23.7 Å². The van der Waals surface area contributed by atoms with Crippen LogP contribution in [0.3, 0.4) is 0 Å².